The Morgan fingerprint density at radius 2 is 2.38 bits per heavy atom. The highest BCUT2D eigenvalue weighted by atomic mass is 32.1. The normalized spacial score (nSPS) is 20.6. The molecule has 0 aromatic carbocycles. The first-order valence-electron chi connectivity index (χ1n) is 7.78. The number of likely N-dealkylation sites (tertiary alicyclic amines) is 1. The summed E-state index contributed by atoms with van der Waals surface area (Å²) in [6, 6.07) is 4.84. The molecule has 4 nitrogen and oxygen atoms in total. The molecule has 0 unspecified atom stereocenters. The third kappa shape index (κ3) is 5.00. The molecule has 1 fully saturated rings. The number of amides is 2. The monoisotopic (exact) mass is 309 g/mol. The summed E-state index contributed by atoms with van der Waals surface area (Å²) in [5.74, 6) is 0.474. The van der Waals surface area contributed by atoms with Crippen LogP contribution in [0.5, 0.6) is 0 Å². The minimum atomic E-state index is 0.0968. The standard InChI is InChI=1S/C16H27N3OS/c1-13(10-15-7-5-9-21-15)11-17-16(20)19-8-4-6-14(12-19)18(2)3/h5,7,9,13-14H,4,6,8,10-12H2,1-3H3,(H,17,20)/t13-,14-/m0/s1. The van der Waals surface area contributed by atoms with Gasteiger partial charge in [0.2, 0.25) is 0 Å². The van der Waals surface area contributed by atoms with Gasteiger partial charge in [0.05, 0.1) is 0 Å². The van der Waals surface area contributed by atoms with Crippen molar-refractivity contribution in [1.29, 1.82) is 0 Å². The fourth-order valence-electron chi connectivity index (χ4n) is 2.78. The van der Waals surface area contributed by atoms with Crippen LogP contribution in [0.4, 0.5) is 4.79 Å². The molecule has 1 aromatic heterocycles. The van der Waals surface area contributed by atoms with Gasteiger partial charge in [-0.15, -0.1) is 11.3 Å². The number of rotatable bonds is 5. The molecule has 0 radical (unpaired) electrons. The van der Waals surface area contributed by atoms with Crippen molar-refractivity contribution < 1.29 is 4.79 Å². The SMILES string of the molecule is C[C@H](CNC(=O)N1CCC[C@H](N(C)C)C1)Cc1cccs1. The number of piperidine rings is 1. The van der Waals surface area contributed by atoms with E-state index in [0.717, 1.165) is 32.5 Å². The Morgan fingerprint density at radius 3 is 3.05 bits per heavy atom. The Labute approximate surface area is 132 Å². The first-order valence-corrected chi connectivity index (χ1v) is 8.66. The van der Waals surface area contributed by atoms with Crippen molar-refractivity contribution in [1.82, 2.24) is 15.1 Å². The van der Waals surface area contributed by atoms with Gasteiger partial charge in [-0.1, -0.05) is 13.0 Å². The van der Waals surface area contributed by atoms with E-state index in [0.29, 0.717) is 12.0 Å². The van der Waals surface area contributed by atoms with E-state index < -0.39 is 0 Å². The highest BCUT2D eigenvalue weighted by molar-refractivity contribution is 7.09. The van der Waals surface area contributed by atoms with E-state index in [1.54, 1.807) is 11.3 Å². The van der Waals surface area contributed by atoms with Crippen molar-refractivity contribution in [2.24, 2.45) is 5.92 Å². The van der Waals surface area contributed by atoms with Crippen LogP contribution < -0.4 is 5.32 Å². The minimum Gasteiger partial charge on any atom is -0.338 e. The van der Waals surface area contributed by atoms with Gasteiger partial charge in [0.15, 0.2) is 0 Å². The van der Waals surface area contributed by atoms with Crippen LogP contribution in [-0.4, -0.2) is 55.6 Å². The summed E-state index contributed by atoms with van der Waals surface area (Å²) in [7, 11) is 4.18. The van der Waals surface area contributed by atoms with Gasteiger partial charge < -0.3 is 15.1 Å². The lowest BCUT2D eigenvalue weighted by molar-refractivity contribution is 0.139. The van der Waals surface area contributed by atoms with Gasteiger partial charge in [-0.25, -0.2) is 4.79 Å². The Hall–Kier alpha value is -1.07. The highest BCUT2D eigenvalue weighted by Gasteiger charge is 2.24. The smallest absolute Gasteiger partial charge is 0.317 e. The van der Waals surface area contributed by atoms with Crippen LogP contribution in [0.25, 0.3) is 0 Å². The zero-order valence-corrected chi connectivity index (χ0v) is 14.2. The molecule has 2 atom stereocenters. The fraction of sp³-hybridized carbons (Fsp3) is 0.688. The minimum absolute atomic E-state index is 0.0968. The first kappa shape index (κ1) is 16.3. The van der Waals surface area contributed by atoms with Crippen molar-refractivity contribution in [3.05, 3.63) is 22.4 Å². The van der Waals surface area contributed by atoms with Crippen molar-refractivity contribution in [2.75, 3.05) is 33.7 Å². The molecule has 0 saturated carbocycles. The van der Waals surface area contributed by atoms with Crippen LogP contribution >= 0.6 is 11.3 Å². The molecule has 21 heavy (non-hydrogen) atoms. The number of urea groups is 1. The van der Waals surface area contributed by atoms with Crippen LogP contribution in [0.15, 0.2) is 17.5 Å². The number of carbonyl (C=O) groups excluding carboxylic acids is 1. The zero-order valence-electron chi connectivity index (χ0n) is 13.3. The van der Waals surface area contributed by atoms with Crippen molar-refractivity contribution >= 4 is 17.4 Å². The molecule has 2 rings (SSSR count). The molecule has 1 aliphatic heterocycles. The zero-order chi connectivity index (χ0) is 15.2. The largest absolute Gasteiger partial charge is 0.338 e. The number of likely N-dealkylation sites (N-methyl/N-ethyl adjacent to an activating group) is 1. The Kier molecular flexibility index (Phi) is 6.06. The maximum Gasteiger partial charge on any atom is 0.317 e. The summed E-state index contributed by atoms with van der Waals surface area (Å²) in [5, 5.41) is 5.20. The topological polar surface area (TPSA) is 35.6 Å². The Bertz CT molecular complexity index is 433. The van der Waals surface area contributed by atoms with Gasteiger partial charge in [0.1, 0.15) is 0 Å². The maximum absolute atomic E-state index is 12.3. The number of hydrogen-bond donors (Lipinski definition) is 1. The second kappa shape index (κ2) is 7.80. The molecule has 1 saturated heterocycles. The lowest BCUT2D eigenvalue weighted by atomic mass is 10.1. The summed E-state index contributed by atoms with van der Waals surface area (Å²) < 4.78 is 0. The van der Waals surface area contributed by atoms with E-state index in [4.69, 9.17) is 0 Å². The van der Waals surface area contributed by atoms with Crippen LogP contribution in [0.2, 0.25) is 0 Å². The van der Waals surface area contributed by atoms with Crippen LogP contribution in [-0.2, 0) is 6.42 Å². The van der Waals surface area contributed by atoms with Crippen molar-refractivity contribution in [3.8, 4) is 0 Å². The molecule has 118 valence electrons. The van der Waals surface area contributed by atoms with E-state index >= 15 is 0 Å². The highest BCUT2D eigenvalue weighted by Crippen LogP contribution is 2.15. The second-order valence-electron chi connectivity index (χ2n) is 6.28. The summed E-state index contributed by atoms with van der Waals surface area (Å²) >= 11 is 1.79. The molecule has 0 bridgehead atoms. The predicted octanol–water partition coefficient (Wildman–Crippen LogP) is 2.66. The van der Waals surface area contributed by atoms with E-state index in [9.17, 15) is 4.79 Å². The van der Waals surface area contributed by atoms with Crippen LogP contribution in [0, 0.1) is 5.92 Å². The van der Waals surface area contributed by atoms with Gasteiger partial charge in [0.25, 0.3) is 0 Å². The summed E-state index contributed by atoms with van der Waals surface area (Å²) in [5.41, 5.74) is 0. The van der Waals surface area contributed by atoms with E-state index in [-0.39, 0.29) is 6.03 Å². The molecular formula is C16H27N3OS. The summed E-state index contributed by atoms with van der Waals surface area (Å²) in [4.78, 5) is 17.8. The lowest BCUT2D eigenvalue weighted by Gasteiger charge is -2.36. The van der Waals surface area contributed by atoms with Crippen molar-refractivity contribution in [3.63, 3.8) is 0 Å². The Morgan fingerprint density at radius 1 is 1.57 bits per heavy atom. The Balaban J connectivity index is 1.73. The molecule has 2 heterocycles. The van der Waals surface area contributed by atoms with Crippen molar-refractivity contribution in [2.45, 2.75) is 32.2 Å². The average molecular weight is 309 g/mol. The predicted molar refractivity (Wildman–Crippen MR) is 88.9 cm³/mol. The molecule has 0 spiro atoms. The summed E-state index contributed by atoms with van der Waals surface area (Å²) in [6.07, 6.45) is 3.32. The molecule has 1 N–H and O–H groups in total. The number of carbonyl (C=O) groups is 1. The number of nitrogens with zero attached hydrogens (tertiary/aromatic N) is 2. The average Bonchev–Trinajstić information content (AvgIpc) is 2.97. The number of thiophene rings is 1. The second-order valence-corrected chi connectivity index (χ2v) is 7.31. The molecule has 1 aliphatic rings. The lowest BCUT2D eigenvalue weighted by Crippen LogP contribution is -2.51. The van der Waals surface area contributed by atoms with Gasteiger partial charge in [-0.3, -0.25) is 0 Å². The van der Waals surface area contributed by atoms with E-state index in [2.05, 4.69) is 48.7 Å². The molecular weight excluding hydrogens is 282 g/mol. The summed E-state index contributed by atoms with van der Waals surface area (Å²) in [6.45, 7) is 4.67. The van der Waals surface area contributed by atoms with E-state index in [1.165, 1.54) is 11.3 Å². The van der Waals surface area contributed by atoms with E-state index in [1.807, 2.05) is 4.90 Å². The molecule has 2 amide bonds. The molecule has 5 heteroatoms. The van der Waals surface area contributed by atoms with Gasteiger partial charge in [-0.2, -0.15) is 0 Å². The third-order valence-corrected chi connectivity index (χ3v) is 5.04. The van der Waals surface area contributed by atoms with Crippen LogP contribution in [0.1, 0.15) is 24.6 Å². The quantitative estimate of drug-likeness (QED) is 0.907. The number of hydrogen-bond acceptors (Lipinski definition) is 3. The van der Waals surface area contributed by atoms with Gasteiger partial charge in [-0.05, 0) is 50.7 Å². The number of nitrogens with one attached hydrogen (secondary N) is 1. The van der Waals surface area contributed by atoms with Gasteiger partial charge in [0, 0.05) is 30.6 Å². The molecule has 0 aliphatic carbocycles. The van der Waals surface area contributed by atoms with Crippen LogP contribution in [0.3, 0.4) is 0 Å². The maximum atomic E-state index is 12.3. The first-order chi connectivity index (χ1) is 10.1. The third-order valence-electron chi connectivity index (χ3n) is 4.15. The van der Waals surface area contributed by atoms with Gasteiger partial charge >= 0.3 is 6.03 Å². The molecule has 1 aromatic rings. The fourth-order valence-corrected chi connectivity index (χ4v) is 3.65.